The second kappa shape index (κ2) is 6.17. The second-order valence-corrected chi connectivity index (χ2v) is 4.69. The molecule has 19 heavy (non-hydrogen) atoms. The number of rotatable bonds is 4. The van der Waals surface area contributed by atoms with E-state index in [0.29, 0.717) is 13.2 Å². The van der Waals surface area contributed by atoms with Crippen molar-refractivity contribution in [3.8, 4) is 0 Å². The standard InChI is InChI=1S/C15H20O4/c1-4-18-15(16)14-12-7-5-6-10(2)13(12)8-11(19-14)9-17-3/h5-7,11,14H,4,8-9H2,1-3H3. The van der Waals surface area contributed by atoms with Crippen LogP contribution in [0.15, 0.2) is 18.2 Å². The van der Waals surface area contributed by atoms with Gasteiger partial charge in [0.2, 0.25) is 0 Å². The highest BCUT2D eigenvalue weighted by molar-refractivity contribution is 5.77. The molecule has 0 fully saturated rings. The van der Waals surface area contributed by atoms with Crippen molar-refractivity contribution in [2.75, 3.05) is 20.3 Å². The first-order valence-electron chi connectivity index (χ1n) is 6.56. The Kier molecular flexibility index (Phi) is 4.56. The Balaban J connectivity index is 2.33. The van der Waals surface area contributed by atoms with E-state index in [4.69, 9.17) is 14.2 Å². The van der Waals surface area contributed by atoms with Crippen molar-refractivity contribution >= 4 is 5.97 Å². The van der Waals surface area contributed by atoms with Gasteiger partial charge in [0.15, 0.2) is 6.10 Å². The van der Waals surface area contributed by atoms with Crippen molar-refractivity contribution < 1.29 is 19.0 Å². The number of aryl methyl sites for hydroxylation is 1. The van der Waals surface area contributed by atoms with Crippen LogP contribution in [0.3, 0.4) is 0 Å². The summed E-state index contributed by atoms with van der Waals surface area (Å²) in [6.07, 6.45) is 0.0305. The molecule has 0 N–H and O–H groups in total. The van der Waals surface area contributed by atoms with Crippen LogP contribution in [0.5, 0.6) is 0 Å². The number of esters is 1. The number of hydrogen-bond donors (Lipinski definition) is 0. The van der Waals surface area contributed by atoms with E-state index in [2.05, 4.69) is 13.0 Å². The van der Waals surface area contributed by atoms with Crippen LogP contribution >= 0.6 is 0 Å². The van der Waals surface area contributed by atoms with Gasteiger partial charge in [0, 0.05) is 13.5 Å². The molecule has 0 radical (unpaired) electrons. The van der Waals surface area contributed by atoms with Crippen LogP contribution in [0.2, 0.25) is 0 Å². The Morgan fingerprint density at radius 2 is 2.26 bits per heavy atom. The van der Waals surface area contributed by atoms with Gasteiger partial charge in [-0.1, -0.05) is 18.2 Å². The molecule has 104 valence electrons. The third-order valence-corrected chi connectivity index (χ3v) is 3.34. The van der Waals surface area contributed by atoms with E-state index in [1.807, 2.05) is 12.1 Å². The van der Waals surface area contributed by atoms with Crippen LogP contribution in [-0.2, 0) is 25.4 Å². The molecule has 2 atom stereocenters. The summed E-state index contributed by atoms with van der Waals surface area (Å²) in [6, 6.07) is 5.93. The largest absolute Gasteiger partial charge is 0.464 e. The molecule has 0 amide bonds. The maximum atomic E-state index is 12.0. The van der Waals surface area contributed by atoms with E-state index in [9.17, 15) is 4.79 Å². The van der Waals surface area contributed by atoms with Crippen LogP contribution in [0.25, 0.3) is 0 Å². The summed E-state index contributed by atoms with van der Waals surface area (Å²) in [5.41, 5.74) is 3.27. The van der Waals surface area contributed by atoms with E-state index in [1.165, 1.54) is 11.1 Å². The molecule has 2 rings (SSSR count). The molecule has 0 aliphatic carbocycles. The molecule has 1 aliphatic heterocycles. The topological polar surface area (TPSA) is 44.8 Å². The molecule has 1 heterocycles. The van der Waals surface area contributed by atoms with Crippen LogP contribution in [0, 0.1) is 6.92 Å². The van der Waals surface area contributed by atoms with Gasteiger partial charge >= 0.3 is 5.97 Å². The Morgan fingerprint density at radius 3 is 2.95 bits per heavy atom. The Labute approximate surface area is 113 Å². The fourth-order valence-electron chi connectivity index (χ4n) is 2.48. The molecule has 4 heteroatoms. The van der Waals surface area contributed by atoms with Crippen LogP contribution < -0.4 is 0 Å². The first-order chi connectivity index (χ1) is 9.17. The van der Waals surface area contributed by atoms with Gasteiger partial charge < -0.3 is 14.2 Å². The zero-order chi connectivity index (χ0) is 13.8. The first-order valence-corrected chi connectivity index (χ1v) is 6.56. The van der Waals surface area contributed by atoms with Crippen molar-refractivity contribution in [1.29, 1.82) is 0 Å². The third-order valence-electron chi connectivity index (χ3n) is 3.34. The molecular formula is C15H20O4. The van der Waals surface area contributed by atoms with E-state index >= 15 is 0 Å². The molecule has 4 nitrogen and oxygen atoms in total. The monoisotopic (exact) mass is 264 g/mol. The lowest BCUT2D eigenvalue weighted by Gasteiger charge is -2.31. The molecule has 0 spiro atoms. The number of carbonyl (C=O) groups excluding carboxylic acids is 1. The maximum absolute atomic E-state index is 12.0. The number of carbonyl (C=O) groups is 1. The predicted octanol–water partition coefficient (Wildman–Crippen LogP) is 2.19. The minimum atomic E-state index is -0.635. The van der Waals surface area contributed by atoms with Gasteiger partial charge in [0.05, 0.1) is 19.3 Å². The fraction of sp³-hybridized carbons (Fsp3) is 0.533. The zero-order valence-electron chi connectivity index (χ0n) is 11.6. The van der Waals surface area contributed by atoms with Crippen LogP contribution in [0.4, 0.5) is 0 Å². The SMILES string of the molecule is CCOC(=O)C1OC(COC)Cc2c(C)cccc21. The average molecular weight is 264 g/mol. The predicted molar refractivity (Wildman–Crippen MR) is 71.0 cm³/mol. The number of ether oxygens (including phenoxy) is 3. The van der Waals surface area contributed by atoms with E-state index < -0.39 is 6.10 Å². The lowest BCUT2D eigenvalue weighted by molar-refractivity contribution is -0.165. The lowest BCUT2D eigenvalue weighted by Crippen LogP contribution is -2.34. The van der Waals surface area contributed by atoms with Crippen LogP contribution in [-0.4, -0.2) is 32.4 Å². The molecule has 0 aromatic heterocycles. The Morgan fingerprint density at radius 1 is 1.47 bits per heavy atom. The van der Waals surface area contributed by atoms with E-state index in [0.717, 1.165) is 12.0 Å². The normalized spacial score (nSPS) is 21.8. The fourth-order valence-corrected chi connectivity index (χ4v) is 2.48. The Hall–Kier alpha value is -1.39. The second-order valence-electron chi connectivity index (χ2n) is 4.69. The highest BCUT2D eigenvalue weighted by Crippen LogP contribution is 2.33. The minimum Gasteiger partial charge on any atom is -0.464 e. The third kappa shape index (κ3) is 2.96. The summed E-state index contributed by atoms with van der Waals surface area (Å²) in [5.74, 6) is -0.324. The van der Waals surface area contributed by atoms with Gasteiger partial charge in [-0.05, 0) is 30.5 Å². The molecule has 2 unspecified atom stereocenters. The van der Waals surface area contributed by atoms with E-state index in [1.54, 1.807) is 14.0 Å². The van der Waals surface area contributed by atoms with Crippen LogP contribution in [0.1, 0.15) is 29.7 Å². The molecule has 1 aliphatic rings. The maximum Gasteiger partial charge on any atom is 0.339 e. The van der Waals surface area contributed by atoms with Gasteiger partial charge in [-0.15, -0.1) is 0 Å². The highest BCUT2D eigenvalue weighted by atomic mass is 16.6. The summed E-state index contributed by atoms with van der Waals surface area (Å²) in [7, 11) is 1.64. The number of fused-ring (bicyclic) bond motifs is 1. The summed E-state index contributed by atoms with van der Waals surface area (Å²) in [6.45, 7) is 4.68. The zero-order valence-corrected chi connectivity index (χ0v) is 11.6. The number of benzene rings is 1. The number of hydrogen-bond acceptors (Lipinski definition) is 4. The lowest BCUT2D eigenvalue weighted by atomic mass is 9.91. The van der Waals surface area contributed by atoms with Crippen molar-refractivity contribution in [3.63, 3.8) is 0 Å². The first kappa shape index (κ1) is 14.0. The van der Waals surface area contributed by atoms with Gasteiger partial charge in [0.25, 0.3) is 0 Å². The molecule has 0 saturated heterocycles. The van der Waals surface area contributed by atoms with Crippen molar-refractivity contribution in [2.45, 2.75) is 32.5 Å². The van der Waals surface area contributed by atoms with E-state index in [-0.39, 0.29) is 12.1 Å². The molecule has 1 aromatic rings. The molecular weight excluding hydrogens is 244 g/mol. The Bertz CT molecular complexity index is 455. The highest BCUT2D eigenvalue weighted by Gasteiger charge is 2.34. The average Bonchev–Trinajstić information content (AvgIpc) is 2.39. The van der Waals surface area contributed by atoms with Gasteiger partial charge in [-0.2, -0.15) is 0 Å². The summed E-state index contributed by atoms with van der Waals surface area (Å²) in [4.78, 5) is 12.0. The van der Waals surface area contributed by atoms with Gasteiger partial charge in [-0.25, -0.2) is 4.79 Å². The van der Waals surface area contributed by atoms with Gasteiger partial charge in [-0.3, -0.25) is 0 Å². The summed E-state index contributed by atoms with van der Waals surface area (Å²) < 4.78 is 16.1. The molecule has 0 bridgehead atoms. The van der Waals surface area contributed by atoms with Gasteiger partial charge in [0.1, 0.15) is 0 Å². The molecule has 1 aromatic carbocycles. The number of methoxy groups -OCH3 is 1. The quantitative estimate of drug-likeness (QED) is 0.782. The van der Waals surface area contributed by atoms with Crippen molar-refractivity contribution in [1.82, 2.24) is 0 Å². The summed E-state index contributed by atoms with van der Waals surface area (Å²) >= 11 is 0. The molecule has 0 saturated carbocycles. The minimum absolute atomic E-state index is 0.104. The smallest absolute Gasteiger partial charge is 0.339 e. The van der Waals surface area contributed by atoms with Crippen molar-refractivity contribution in [3.05, 3.63) is 34.9 Å². The summed E-state index contributed by atoms with van der Waals surface area (Å²) in [5, 5.41) is 0. The van der Waals surface area contributed by atoms with Crippen molar-refractivity contribution in [2.24, 2.45) is 0 Å².